The van der Waals surface area contributed by atoms with Crippen molar-refractivity contribution in [1.82, 2.24) is 0 Å². The Bertz CT molecular complexity index is 2780. The van der Waals surface area contributed by atoms with E-state index in [1.54, 1.807) is 0 Å². The van der Waals surface area contributed by atoms with Crippen LogP contribution in [0.5, 0.6) is 0 Å². The predicted molar refractivity (Wildman–Crippen MR) is 282 cm³/mol. The molecule has 0 aromatic heterocycles. The monoisotopic (exact) mass is 854 g/mol. The van der Waals surface area contributed by atoms with Crippen LogP contribution in [0.3, 0.4) is 0 Å². The Morgan fingerprint density at radius 2 is 0.569 bits per heavy atom. The summed E-state index contributed by atoms with van der Waals surface area (Å²) in [6, 6.07) is 54.6. The van der Waals surface area contributed by atoms with E-state index in [0.29, 0.717) is 0 Å². The molecule has 0 saturated carbocycles. The van der Waals surface area contributed by atoms with Gasteiger partial charge in [-0.15, -0.1) is 0 Å². The summed E-state index contributed by atoms with van der Waals surface area (Å²) >= 11 is 0. The first-order valence-corrected chi connectivity index (χ1v) is 24.0. The Kier molecular flexibility index (Phi) is 10.2. The molecule has 2 aliphatic rings. The summed E-state index contributed by atoms with van der Waals surface area (Å²) in [5.74, 6) is 0. The molecule has 332 valence electrons. The highest BCUT2D eigenvalue weighted by atomic mass is 15.1. The van der Waals surface area contributed by atoms with Gasteiger partial charge in [0.2, 0.25) is 0 Å². The SMILES string of the molecule is CC(C)(C)c1ccc(N(c2ccc(C(C)(C)C)cc2)c2cc(-c3ccc4c(c3)C(C)(C)c3cc(C(C)(C)C)ccc3-4)cc(-c3ccc4c(c3)C(C)(C)c3cc(C(C)(C)C)ccc3-4)c2)cc1. The largest absolute Gasteiger partial charge is 0.310 e. The smallest absolute Gasteiger partial charge is 0.0473 e. The number of fused-ring (bicyclic) bond motifs is 6. The van der Waals surface area contributed by atoms with Crippen LogP contribution in [0.1, 0.15) is 155 Å². The van der Waals surface area contributed by atoms with Gasteiger partial charge >= 0.3 is 0 Å². The third-order valence-corrected chi connectivity index (χ3v) is 14.9. The van der Waals surface area contributed by atoms with Crippen molar-refractivity contribution >= 4 is 17.1 Å². The van der Waals surface area contributed by atoms with Crippen molar-refractivity contribution in [2.45, 2.75) is 143 Å². The summed E-state index contributed by atoms with van der Waals surface area (Å²) in [5, 5.41) is 0. The van der Waals surface area contributed by atoms with Crippen molar-refractivity contribution in [1.29, 1.82) is 0 Å². The topological polar surface area (TPSA) is 3.24 Å². The second-order valence-corrected chi connectivity index (χ2v) is 24.5. The van der Waals surface area contributed by atoms with Crippen molar-refractivity contribution in [2.24, 2.45) is 0 Å². The number of anilines is 3. The number of nitrogens with zero attached hydrogens (tertiary/aromatic N) is 1. The zero-order valence-electron chi connectivity index (χ0n) is 42.2. The van der Waals surface area contributed by atoms with E-state index in [9.17, 15) is 0 Å². The molecule has 0 fully saturated rings. The third-order valence-electron chi connectivity index (χ3n) is 14.9. The molecule has 1 nitrogen and oxygen atoms in total. The zero-order chi connectivity index (χ0) is 46.8. The molecule has 65 heavy (non-hydrogen) atoms. The van der Waals surface area contributed by atoms with Gasteiger partial charge in [-0.05, 0) is 165 Å². The van der Waals surface area contributed by atoms with Crippen LogP contribution in [0.2, 0.25) is 0 Å². The second-order valence-electron chi connectivity index (χ2n) is 24.5. The van der Waals surface area contributed by atoms with Crippen LogP contribution < -0.4 is 4.90 Å². The van der Waals surface area contributed by atoms with Crippen molar-refractivity contribution < 1.29 is 0 Å². The highest BCUT2D eigenvalue weighted by molar-refractivity contribution is 5.90. The van der Waals surface area contributed by atoms with Crippen molar-refractivity contribution in [2.75, 3.05) is 4.90 Å². The van der Waals surface area contributed by atoms with E-state index in [2.05, 4.69) is 255 Å². The van der Waals surface area contributed by atoms with E-state index in [1.807, 2.05) is 0 Å². The van der Waals surface area contributed by atoms with Gasteiger partial charge in [-0.2, -0.15) is 0 Å². The summed E-state index contributed by atoms with van der Waals surface area (Å²) in [6.45, 7) is 37.3. The van der Waals surface area contributed by atoms with E-state index in [0.717, 1.165) is 17.1 Å². The lowest BCUT2D eigenvalue weighted by atomic mass is 9.78. The van der Waals surface area contributed by atoms with Crippen LogP contribution >= 0.6 is 0 Å². The minimum atomic E-state index is -0.133. The number of hydrogen-bond acceptors (Lipinski definition) is 1. The second kappa shape index (κ2) is 14.9. The molecule has 0 radical (unpaired) electrons. The Morgan fingerprint density at radius 3 is 0.892 bits per heavy atom. The third kappa shape index (κ3) is 7.77. The molecular formula is C64H71N. The molecule has 0 amide bonds. The maximum atomic E-state index is 2.49. The van der Waals surface area contributed by atoms with Crippen LogP contribution in [0.25, 0.3) is 44.5 Å². The molecule has 0 atom stereocenters. The van der Waals surface area contributed by atoms with E-state index in [4.69, 9.17) is 0 Å². The quantitative estimate of drug-likeness (QED) is 0.167. The van der Waals surface area contributed by atoms with Gasteiger partial charge in [0.15, 0.2) is 0 Å². The Morgan fingerprint density at radius 1 is 0.277 bits per heavy atom. The number of rotatable bonds is 5. The van der Waals surface area contributed by atoms with Crippen LogP contribution in [-0.4, -0.2) is 0 Å². The molecule has 7 aromatic rings. The minimum Gasteiger partial charge on any atom is -0.310 e. The highest BCUT2D eigenvalue weighted by Crippen LogP contribution is 2.53. The Labute approximate surface area is 392 Å². The molecule has 7 aromatic carbocycles. The van der Waals surface area contributed by atoms with E-state index < -0.39 is 0 Å². The molecule has 2 aliphatic carbocycles. The van der Waals surface area contributed by atoms with Gasteiger partial charge < -0.3 is 4.90 Å². The van der Waals surface area contributed by atoms with Crippen LogP contribution in [0.4, 0.5) is 17.1 Å². The Hall–Kier alpha value is -5.66. The lowest BCUT2D eigenvalue weighted by molar-refractivity contribution is 0.584. The fraction of sp³-hybridized carbons (Fsp3) is 0.344. The molecule has 0 bridgehead atoms. The standard InChI is InChI=1S/C64H71N/c1-59(2,3)44-19-25-48(26-20-44)65(49-27-21-45(22-28-49)60(4,5)6)50-34-42(40-17-29-51-53-31-23-46(61(7,8)9)38-57(53)63(13,14)55(51)36-40)33-43(35-50)41-18-30-52-54-32-24-47(62(10,11)12)39-58(54)64(15,16)56(52)37-41/h17-39H,1-16H3. The predicted octanol–water partition coefficient (Wildman–Crippen LogP) is 18.3. The van der Waals surface area contributed by atoms with Gasteiger partial charge in [-0.25, -0.2) is 0 Å². The number of hydrogen-bond donors (Lipinski definition) is 0. The molecule has 1 heteroatoms. The maximum absolute atomic E-state index is 2.49. The molecule has 9 rings (SSSR count). The molecule has 0 heterocycles. The zero-order valence-corrected chi connectivity index (χ0v) is 42.2. The first-order chi connectivity index (χ1) is 30.2. The lowest BCUT2D eigenvalue weighted by Crippen LogP contribution is -2.17. The average molecular weight is 854 g/mol. The van der Waals surface area contributed by atoms with Crippen molar-refractivity contribution in [3.63, 3.8) is 0 Å². The van der Waals surface area contributed by atoms with Gasteiger partial charge in [0, 0.05) is 27.9 Å². The normalized spacial score (nSPS) is 15.0. The molecule has 0 saturated heterocycles. The maximum Gasteiger partial charge on any atom is 0.0473 e. The average Bonchev–Trinajstić information content (AvgIpc) is 3.61. The first-order valence-electron chi connectivity index (χ1n) is 24.0. The van der Waals surface area contributed by atoms with Gasteiger partial charge in [-0.3, -0.25) is 0 Å². The van der Waals surface area contributed by atoms with Crippen LogP contribution in [-0.2, 0) is 32.5 Å². The summed E-state index contributed by atoms with van der Waals surface area (Å²) < 4.78 is 0. The molecule has 0 aliphatic heterocycles. The van der Waals surface area contributed by atoms with Crippen molar-refractivity contribution in [3.05, 3.63) is 184 Å². The molecule has 0 unspecified atom stereocenters. The summed E-state index contributed by atoms with van der Waals surface area (Å²) in [5.41, 5.74) is 24.8. The molecular weight excluding hydrogens is 783 g/mol. The van der Waals surface area contributed by atoms with E-state index >= 15 is 0 Å². The van der Waals surface area contributed by atoms with E-state index in [-0.39, 0.29) is 32.5 Å². The Balaban J connectivity index is 1.25. The highest BCUT2D eigenvalue weighted by Gasteiger charge is 2.38. The van der Waals surface area contributed by atoms with Gasteiger partial charge in [0.25, 0.3) is 0 Å². The fourth-order valence-corrected chi connectivity index (χ4v) is 10.5. The van der Waals surface area contributed by atoms with Crippen molar-refractivity contribution in [3.8, 4) is 44.5 Å². The van der Waals surface area contributed by atoms with Crippen LogP contribution in [0, 0.1) is 0 Å². The lowest BCUT2D eigenvalue weighted by Gasteiger charge is -2.29. The van der Waals surface area contributed by atoms with Gasteiger partial charge in [0.05, 0.1) is 0 Å². The molecule has 0 N–H and O–H groups in total. The summed E-state index contributed by atoms with van der Waals surface area (Å²) in [6.07, 6.45) is 0. The van der Waals surface area contributed by atoms with Gasteiger partial charge in [-0.1, -0.05) is 196 Å². The fourth-order valence-electron chi connectivity index (χ4n) is 10.5. The number of benzene rings is 7. The van der Waals surface area contributed by atoms with Gasteiger partial charge in [0.1, 0.15) is 0 Å². The van der Waals surface area contributed by atoms with E-state index in [1.165, 1.54) is 89.0 Å². The minimum absolute atomic E-state index is 0.0510. The molecule has 0 spiro atoms. The first kappa shape index (κ1) is 44.5. The summed E-state index contributed by atoms with van der Waals surface area (Å²) in [4.78, 5) is 2.47. The van der Waals surface area contributed by atoms with Crippen LogP contribution in [0.15, 0.2) is 140 Å². The summed E-state index contributed by atoms with van der Waals surface area (Å²) in [7, 11) is 0.